The highest BCUT2D eigenvalue weighted by Gasteiger charge is 2.06. The highest BCUT2D eigenvalue weighted by Crippen LogP contribution is 2.19. The van der Waals surface area contributed by atoms with Gasteiger partial charge in [-0.05, 0) is 37.6 Å². The van der Waals surface area contributed by atoms with E-state index in [0.717, 1.165) is 5.56 Å². The monoisotopic (exact) mass is 191 g/mol. The highest BCUT2D eigenvalue weighted by molar-refractivity contribution is 6.10. The van der Waals surface area contributed by atoms with Gasteiger partial charge in [0.05, 0.1) is 0 Å². The molecule has 2 N–H and O–H groups in total. The van der Waals surface area contributed by atoms with Crippen molar-refractivity contribution in [3.63, 3.8) is 0 Å². The molecule has 0 spiro atoms. The lowest BCUT2D eigenvalue weighted by Crippen LogP contribution is -1.97. The zero-order chi connectivity index (χ0) is 10.6. The van der Waals surface area contributed by atoms with E-state index in [1.54, 1.807) is 24.3 Å². The van der Waals surface area contributed by atoms with Crippen LogP contribution in [0.1, 0.15) is 18.1 Å². The average Bonchev–Trinajstić information content (AvgIpc) is 2.15. The van der Waals surface area contributed by atoms with Gasteiger partial charge in [-0.3, -0.25) is 0 Å². The molecule has 0 heterocycles. The van der Waals surface area contributed by atoms with Gasteiger partial charge in [0.2, 0.25) is 0 Å². The van der Waals surface area contributed by atoms with E-state index in [1.807, 2.05) is 19.9 Å². The molecule has 0 saturated carbocycles. The van der Waals surface area contributed by atoms with Gasteiger partial charge >= 0.3 is 0 Å². The molecule has 0 aromatic heterocycles. The Morgan fingerprint density at radius 1 is 1.43 bits per heavy atom. The first kappa shape index (κ1) is 10.3. The Morgan fingerprint density at radius 3 is 2.64 bits per heavy atom. The molecule has 0 fully saturated rings. The summed E-state index contributed by atoms with van der Waals surface area (Å²) in [6.45, 7) is 3.70. The zero-order valence-electron chi connectivity index (χ0n) is 8.23. The van der Waals surface area contributed by atoms with Crippen molar-refractivity contribution in [1.29, 1.82) is 0 Å². The number of phenols is 1. The highest BCUT2D eigenvalue weighted by atomic mass is 16.4. The Labute approximate surface area is 83.0 Å². The number of allylic oxidation sites excluding steroid dienone is 2. The van der Waals surface area contributed by atoms with E-state index in [2.05, 4.69) is 5.16 Å². The van der Waals surface area contributed by atoms with Crippen molar-refractivity contribution in [2.24, 2.45) is 5.16 Å². The van der Waals surface area contributed by atoms with Gasteiger partial charge in [-0.15, -0.1) is 0 Å². The second-order valence-electron chi connectivity index (χ2n) is 3.01. The van der Waals surface area contributed by atoms with Crippen LogP contribution < -0.4 is 0 Å². The van der Waals surface area contributed by atoms with Gasteiger partial charge in [-0.25, -0.2) is 0 Å². The second-order valence-corrected chi connectivity index (χ2v) is 3.01. The zero-order valence-corrected chi connectivity index (χ0v) is 8.23. The molecule has 3 heteroatoms. The normalized spacial score (nSPS) is 12.3. The van der Waals surface area contributed by atoms with Crippen molar-refractivity contribution in [3.8, 4) is 5.75 Å². The van der Waals surface area contributed by atoms with E-state index < -0.39 is 0 Å². The third-order valence-corrected chi connectivity index (χ3v) is 1.86. The van der Waals surface area contributed by atoms with Crippen LogP contribution in [-0.4, -0.2) is 16.0 Å². The largest absolute Gasteiger partial charge is 0.507 e. The smallest absolute Gasteiger partial charge is 0.125 e. The molecule has 0 radical (unpaired) electrons. The summed E-state index contributed by atoms with van der Waals surface area (Å²) in [5, 5.41) is 21.4. The van der Waals surface area contributed by atoms with Gasteiger partial charge < -0.3 is 10.3 Å². The Kier molecular flexibility index (Phi) is 3.29. The van der Waals surface area contributed by atoms with Crippen molar-refractivity contribution in [2.45, 2.75) is 13.8 Å². The maximum absolute atomic E-state index is 9.59. The molecule has 1 rings (SSSR count). The molecular weight excluding hydrogens is 178 g/mol. The second kappa shape index (κ2) is 4.46. The molecule has 74 valence electrons. The van der Waals surface area contributed by atoms with Crippen molar-refractivity contribution < 1.29 is 10.3 Å². The van der Waals surface area contributed by atoms with Crippen molar-refractivity contribution in [2.75, 3.05) is 0 Å². The van der Waals surface area contributed by atoms with E-state index in [9.17, 15) is 5.11 Å². The van der Waals surface area contributed by atoms with Crippen molar-refractivity contribution in [3.05, 3.63) is 41.5 Å². The number of nitrogens with zero attached hydrogens (tertiary/aromatic N) is 1. The van der Waals surface area contributed by atoms with Gasteiger partial charge in [0.15, 0.2) is 0 Å². The van der Waals surface area contributed by atoms with Crippen LogP contribution in [0.2, 0.25) is 0 Å². The average molecular weight is 191 g/mol. The topological polar surface area (TPSA) is 52.8 Å². The number of hydrogen-bond acceptors (Lipinski definition) is 3. The molecule has 0 atom stereocenters. The van der Waals surface area contributed by atoms with E-state index in [-0.39, 0.29) is 5.75 Å². The number of benzene rings is 1. The Bertz CT molecular complexity index is 381. The van der Waals surface area contributed by atoms with Gasteiger partial charge in [-0.2, -0.15) is 0 Å². The maximum Gasteiger partial charge on any atom is 0.125 e. The number of rotatable bonds is 2. The summed E-state index contributed by atoms with van der Waals surface area (Å²) < 4.78 is 0. The fraction of sp³-hybridized carbons (Fsp3) is 0.182. The molecule has 0 aliphatic heterocycles. The lowest BCUT2D eigenvalue weighted by molar-refractivity contribution is 0.319. The summed E-state index contributed by atoms with van der Waals surface area (Å²) in [7, 11) is 0. The van der Waals surface area contributed by atoms with Crippen LogP contribution in [0.15, 0.2) is 35.5 Å². The molecule has 0 amide bonds. The third-order valence-electron chi connectivity index (χ3n) is 1.86. The minimum atomic E-state index is 0.121. The Balaban J connectivity index is 3.18. The van der Waals surface area contributed by atoms with Crippen molar-refractivity contribution in [1.82, 2.24) is 0 Å². The lowest BCUT2D eigenvalue weighted by Gasteiger charge is -2.03. The molecule has 14 heavy (non-hydrogen) atoms. The summed E-state index contributed by atoms with van der Waals surface area (Å²) in [5.74, 6) is 0.121. The minimum Gasteiger partial charge on any atom is -0.507 e. The number of aromatic hydroxyl groups is 1. The van der Waals surface area contributed by atoms with Gasteiger partial charge in [0, 0.05) is 5.56 Å². The molecule has 0 aliphatic carbocycles. The van der Waals surface area contributed by atoms with Crippen LogP contribution >= 0.6 is 0 Å². The van der Waals surface area contributed by atoms with Crippen LogP contribution in [0.25, 0.3) is 0 Å². The fourth-order valence-corrected chi connectivity index (χ4v) is 1.19. The van der Waals surface area contributed by atoms with E-state index >= 15 is 0 Å². The maximum atomic E-state index is 9.59. The molecule has 1 aromatic rings. The Morgan fingerprint density at radius 2 is 2.14 bits per heavy atom. The van der Waals surface area contributed by atoms with Crippen LogP contribution in [0.4, 0.5) is 0 Å². The van der Waals surface area contributed by atoms with E-state index in [4.69, 9.17) is 5.21 Å². The van der Waals surface area contributed by atoms with Gasteiger partial charge in [-0.1, -0.05) is 17.3 Å². The number of phenolic OH excluding ortho intramolecular Hbond substituents is 1. The number of hydrogen-bond donors (Lipinski definition) is 2. The first-order chi connectivity index (χ1) is 6.69. The summed E-state index contributed by atoms with van der Waals surface area (Å²) in [6, 6.07) is 5.20. The van der Waals surface area contributed by atoms with Gasteiger partial charge in [0.25, 0.3) is 0 Å². The molecule has 0 bridgehead atoms. The Hall–Kier alpha value is -1.77. The van der Waals surface area contributed by atoms with Crippen molar-refractivity contribution >= 4 is 5.71 Å². The molecule has 0 unspecified atom stereocenters. The number of aryl methyl sites for hydroxylation is 1. The minimum absolute atomic E-state index is 0.121. The summed E-state index contributed by atoms with van der Waals surface area (Å²) >= 11 is 0. The van der Waals surface area contributed by atoms with E-state index in [1.165, 1.54) is 0 Å². The molecule has 3 nitrogen and oxygen atoms in total. The lowest BCUT2D eigenvalue weighted by atomic mass is 10.1. The molecule has 0 aliphatic rings. The predicted molar refractivity (Wildman–Crippen MR) is 56.0 cm³/mol. The third kappa shape index (κ3) is 2.13. The quantitative estimate of drug-likeness (QED) is 0.428. The predicted octanol–water partition coefficient (Wildman–Crippen LogP) is 2.46. The van der Waals surface area contributed by atoms with Crippen LogP contribution in [-0.2, 0) is 0 Å². The first-order valence-electron chi connectivity index (χ1n) is 4.33. The summed E-state index contributed by atoms with van der Waals surface area (Å²) in [5.41, 5.74) is 1.84. The van der Waals surface area contributed by atoms with Gasteiger partial charge in [0.1, 0.15) is 11.5 Å². The molecule has 1 aromatic carbocycles. The van der Waals surface area contributed by atoms with Crippen LogP contribution in [0.5, 0.6) is 5.75 Å². The van der Waals surface area contributed by atoms with Crippen LogP contribution in [0.3, 0.4) is 0 Å². The molecular formula is C11H13NO2. The SMILES string of the molecule is C/C=C/C(=N/O)c1ccc(C)cc1O. The first-order valence-corrected chi connectivity index (χ1v) is 4.33. The van der Waals surface area contributed by atoms with E-state index in [0.29, 0.717) is 11.3 Å². The van der Waals surface area contributed by atoms with Crippen LogP contribution in [0, 0.1) is 6.92 Å². The molecule has 0 saturated heterocycles. The summed E-state index contributed by atoms with van der Waals surface area (Å²) in [4.78, 5) is 0. The summed E-state index contributed by atoms with van der Waals surface area (Å²) in [6.07, 6.45) is 3.37. The fourth-order valence-electron chi connectivity index (χ4n) is 1.19. The number of oxime groups is 1. The standard InChI is InChI=1S/C11H13NO2/c1-3-4-10(12-14)9-6-5-8(2)7-11(9)13/h3-7,13-14H,1-2H3/b4-3+,12-10-.